The minimum atomic E-state index is -1.20. The summed E-state index contributed by atoms with van der Waals surface area (Å²) in [6.07, 6.45) is 24.6. The molecule has 0 bridgehead atoms. The smallest absolute Gasteiger partial charge is 0.328 e. The van der Waals surface area contributed by atoms with Crippen LogP contribution in [0.4, 0.5) is 17.5 Å². The Morgan fingerprint density at radius 1 is 0.612 bits per heavy atom. The first-order chi connectivity index (χ1) is 32.4. The summed E-state index contributed by atoms with van der Waals surface area (Å²) in [5.41, 5.74) is 14.0. The molecule has 0 radical (unpaired) electrons. The van der Waals surface area contributed by atoms with Gasteiger partial charge in [0.05, 0.1) is 32.7 Å². The molecule has 0 aliphatic heterocycles. The normalized spacial score (nSPS) is 12.5. The molecule has 1 aromatic carbocycles. The predicted octanol–water partition coefficient (Wildman–Crippen LogP) is 8.04. The van der Waals surface area contributed by atoms with Gasteiger partial charge in [0.15, 0.2) is 17.0 Å². The van der Waals surface area contributed by atoms with E-state index in [0.717, 1.165) is 50.6 Å². The number of methoxy groups -OCH3 is 2. The quantitative estimate of drug-likeness (QED) is 0.0277. The Morgan fingerprint density at radius 2 is 1.10 bits per heavy atom. The molecule has 0 saturated carbocycles. The number of nitrogens with two attached hydrogens (primary N) is 2. The second kappa shape index (κ2) is 32.2. The number of carbonyl (C=O) groups excluding carboxylic acids is 5. The molecule has 7 N–H and O–H groups in total. The molecule has 0 aliphatic rings. The van der Waals surface area contributed by atoms with Crippen molar-refractivity contribution < 1.29 is 33.4 Å². The van der Waals surface area contributed by atoms with E-state index in [1.807, 2.05) is 11.9 Å². The topological polar surface area (TPSA) is 247 Å². The van der Waals surface area contributed by atoms with Crippen LogP contribution < -0.4 is 32.3 Å². The van der Waals surface area contributed by atoms with Crippen molar-refractivity contribution in [2.75, 3.05) is 37.6 Å². The molecule has 0 saturated heterocycles. The molecule has 17 nitrogen and oxygen atoms in total. The van der Waals surface area contributed by atoms with Gasteiger partial charge in [0.1, 0.15) is 18.1 Å². The van der Waals surface area contributed by atoms with Gasteiger partial charge in [-0.1, -0.05) is 142 Å². The van der Waals surface area contributed by atoms with Crippen molar-refractivity contribution in [3.8, 4) is 0 Å². The fourth-order valence-electron chi connectivity index (χ4n) is 8.04. The lowest BCUT2D eigenvalue weighted by Crippen LogP contribution is -2.52. The number of rotatable bonds is 35. The molecule has 0 fully saturated rings. The van der Waals surface area contributed by atoms with E-state index in [-0.39, 0.29) is 30.2 Å². The number of nitrogen functional groups attached to an aromatic ring is 2. The molecule has 3 amide bonds. The van der Waals surface area contributed by atoms with Crippen LogP contribution in [0.5, 0.6) is 0 Å². The van der Waals surface area contributed by atoms with Crippen LogP contribution in [0.15, 0.2) is 30.5 Å². The molecule has 2 unspecified atom stereocenters. The van der Waals surface area contributed by atoms with Gasteiger partial charge in [-0.15, -0.1) is 0 Å². The van der Waals surface area contributed by atoms with Gasteiger partial charge in [0, 0.05) is 24.7 Å². The summed E-state index contributed by atoms with van der Waals surface area (Å²) in [4.78, 5) is 85.6. The summed E-state index contributed by atoms with van der Waals surface area (Å²) in [5.74, 6) is -2.63. The summed E-state index contributed by atoms with van der Waals surface area (Å²) < 4.78 is 10.1. The van der Waals surface area contributed by atoms with E-state index >= 15 is 0 Å². The van der Waals surface area contributed by atoms with Gasteiger partial charge in [-0.2, -0.15) is 9.97 Å². The van der Waals surface area contributed by atoms with Crippen molar-refractivity contribution in [3.63, 3.8) is 0 Å². The van der Waals surface area contributed by atoms with Crippen molar-refractivity contribution in [2.45, 2.75) is 193 Å². The fourth-order valence-corrected chi connectivity index (χ4v) is 8.04. The molecule has 372 valence electrons. The number of fused-ring (bicyclic) bond motifs is 1. The molecule has 0 spiro atoms. The van der Waals surface area contributed by atoms with Gasteiger partial charge >= 0.3 is 11.9 Å². The Morgan fingerprint density at radius 3 is 1.61 bits per heavy atom. The van der Waals surface area contributed by atoms with Gasteiger partial charge in [0.25, 0.3) is 5.91 Å². The van der Waals surface area contributed by atoms with Crippen LogP contribution in [-0.4, -0.2) is 89.0 Å². The van der Waals surface area contributed by atoms with E-state index in [2.05, 4.69) is 49.7 Å². The van der Waals surface area contributed by atoms with E-state index in [1.165, 1.54) is 91.3 Å². The standard InChI is InChI=1S/C50H80N10O7/c1-6-8-10-12-14-16-18-20-22-24-26-40(48(64)66-4)55-42(61)33-32-39(47(63)57-41(49(65)67-5)27-25-23-21-19-17-15-13-11-9-7-2)56-46(62)36-28-30-38(31-29-36)60(3)35-37-34-53-45-43(54-37)44(51)58-50(52)59-45/h28-31,34,39-41H,6-27,32-33,35H2,1-5H3,(H,55,61)(H,56,62)(H,57,63)(H4,51,52,53,58,59)/t39-,40?,41?/m0/s1. The van der Waals surface area contributed by atoms with E-state index < -0.39 is 47.8 Å². The molecule has 67 heavy (non-hydrogen) atoms. The first-order valence-electron chi connectivity index (χ1n) is 24.8. The number of ether oxygens (including phenoxy) is 2. The minimum Gasteiger partial charge on any atom is -0.467 e. The third kappa shape index (κ3) is 21.3. The number of carbonyl (C=O) groups is 5. The van der Waals surface area contributed by atoms with Crippen molar-refractivity contribution in [1.82, 2.24) is 35.9 Å². The number of hydrogen-bond acceptors (Lipinski definition) is 14. The number of anilines is 3. The summed E-state index contributed by atoms with van der Waals surface area (Å²) in [6.45, 7) is 4.77. The van der Waals surface area contributed by atoms with Crippen molar-refractivity contribution in [1.29, 1.82) is 0 Å². The maximum absolute atomic E-state index is 14.0. The van der Waals surface area contributed by atoms with E-state index in [0.29, 0.717) is 42.7 Å². The van der Waals surface area contributed by atoms with Crippen LogP contribution >= 0.6 is 0 Å². The number of amides is 3. The van der Waals surface area contributed by atoms with Crippen molar-refractivity contribution in [2.24, 2.45) is 0 Å². The number of esters is 2. The number of nitrogens with one attached hydrogen (secondary N) is 3. The van der Waals surface area contributed by atoms with Crippen LogP contribution in [0.3, 0.4) is 0 Å². The Labute approximate surface area is 398 Å². The van der Waals surface area contributed by atoms with Gasteiger partial charge in [-0.05, 0) is 43.5 Å². The van der Waals surface area contributed by atoms with Gasteiger partial charge in [-0.3, -0.25) is 14.4 Å². The second-order valence-corrected chi connectivity index (χ2v) is 17.6. The number of nitrogens with zero attached hydrogens (tertiary/aromatic N) is 5. The van der Waals surface area contributed by atoms with Crippen LogP contribution in [0.25, 0.3) is 11.2 Å². The minimum absolute atomic E-state index is 0.00881. The zero-order valence-electron chi connectivity index (χ0n) is 41.0. The zero-order chi connectivity index (χ0) is 48.8. The molecule has 0 aliphatic carbocycles. The maximum Gasteiger partial charge on any atom is 0.328 e. The summed E-state index contributed by atoms with van der Waals surface area (Å²) in [6, 6.07) is 3.79. The highest BCUT2D eigenvalue weighted by molar-refractivity contribution is 5.98. The van der Waals surface area contributed by atoms with E-state index in [9.17, 15) is 24.0 Å². The van der Waals surface area contributed by atoms with Crippen LogP contribution in [0.2, 0.25) is 0 Å². The predicted molar refractivity (Wildman–Crippen MR) is 264 cm³/mol. The summed E-state index contributed by atoms with van der Waals surface area (Å²) in [5, 5.41) is 8.39. The van der Waals surface area contributed by atoms with Gasteiger partial charge in [0.2, 0.25) is 17.8 Å². The lowest BCUT2D eigenvalue weighted by Gasteiger charge is -2.23. The molecule has 3 atom stereocenters. The zero-order valence-corrected chi connectivity index (χ0v) is 41.0. The van der Waals surface area contributed by atoms with E-state index in [4.69, 9.17) is 20.9 Å². The maximum atomic E-state index is 14.0. The van der Waals surface area contributed by atoms with Gasteiger partial charge in [-0.25, -0.2) is 19.6 Å². The highest BCUT2D eigenvalue weighted by Crippen LogP contribution is 2.20. The SMILES string of the molecule is CCCCCCCCCCCCC(NC(=O)CC[C@H](NC(=O)c1ccc(N(C)Cc2cnc3nc(N)nc(N)c3n2)cc1)C(=O)NC(CCCCCCCCCCCC)C(=O)OC)C(=O)OC. The first kappa shape index (κ1) is 55.7. The van der Waals surface area contributed by atoms with Gasteiger partial charge < -0.3 is 41.8 Å². The van der Waals surface area contributed by atoms with Crippen LogP contribution in [0.1, 0.15) is 184 Å². The van der Waals surface area contributed by atoms with E-state index in [1.54, 1.807) is 30.5 Å². The lowest BCUT2D eigenvalue weighted by molar-refractivity contribution is -0.145. The highest BCUT2D eigenvalue weighted by atomic mass is 16.5. The molecule has 3 rings (SSSR count). The average molecular weight is 933 g/mol. The number of aromatic nitrogens is 4. The molecule has 2 heterocycles. The Kier molecular flexibility index (Phi) is 26.7. The third-order valence-corrected chi connectivity index (χ3v) is 12.1. The monoisotopic (exact) mass is 933 g/mol. The molecule has 17 heteroatoms. The molecular weight excluding hydrogens is 853 g/mol. The van der Waals surface area contributed by atoms with Crippen molar-refractivity contribution >= 4 is 58.3 Å². The average Bonchev–Trinajstić information content (AvgIpc) is 3.32. The molecule has 3 aromatic rings. The molecular formula is C50H80N10O7. The Bertz CT molecular complexity index is 1950. The van der Waals surface area contributed by atoms with Crippen LogP contribution in [-0.2, 0) is 35.2 Å². The van der Waals surface area contributed by atoms with Crippen LogP contribution in [0, 0.1) is 0 Å². The summed E-state index contributed by atoms with van der Waals surface area (Å²) in [7, 11) is 4.41. The summed E-state index contributed by atoms with van der Waals surface area (Å²) >= 11 is 0. The number of hydrogen-bond donors (Lipinski definition) is 5. The Hall–Kier alpha value is -5.61. The number of benzene rings is 1. The fraction of sp³-hybridized carbons (Fsp3) is 0.660. The first-order valence-corrected chi connectivity index (χ1v) is 24.8. The number of unbranched alkanes of at least 4 members (excludes halogenated alkanes) is 18. The lowest BCUT2D eigenvalue weighted by atomic mass is 10.0. The second-order valence-electron chi connectivity index (χ2n) is 17.6. The Balaban J connectivity index is 1.66. The largest absolute Gasteiger partial charge is 0.467 e. The third-order valence-electron chi connectivity index (χ3n) is 12.1. The highest BCUT2D eigenvalue weighted by Gasteiger charge is 2.29. The molecule has 2 aromatic heterocycles. The van der Waals surface area contributed by atoms with Crippen molar-refractivity contribution in [3.05, 3.63) is 41.7 Å².